The van der Waals surface area contributed by atoms with Crippen LogP contribution in [-0.2, 0) is 14.3 Å². The van der Waals surface area contributed by atoms with E-state index in [2.05, 4.69) is 24.1 Å². The molecule has 1 aliphatic heterocycles. The Hall–Kier alpha value is -1.10. The molecule has 0 aromatic rings. The number of esters is 1. The maximum Gasteiger partial charge on any atom is 0.309 e. The molecule has 0 aliphatic carbocycles. The Morgan fingerprint density at radius 2 is 2.05 bits per heavy atom. The molecule has 0 saturated carbocycles. The van der Waals surface area contributed by atoms with Gasteiger partial charge in [0.25, 0.3) is 0 Å². The molecule has 5 heteroatoms. The summed E-state index contributed by atoms with van der Waals surface area (Å²) in [6.45, 7) is 8.21. The molecule has 5 nitrogen and oxygen atoms in total. The first-order chi connectivity index (χ1) is 8.95. The lowest BCUT2D eigenvalue weighted by molar-refractivity contribution is -0.148. The van der Waals surface area contributed by atoms with Crippen LogP contribution in [0.5, 0.6) is 0 Å². The normalized spacial score (nSPS) is 22.1. The maximum absolute atomic E-state index is 12.0. The molecule has 19 heavy (non-hydrogen) atoms. The molecule has 1 heterocycles. The fourth-order valence-electron chi connectivity index (χ4n) is 2.34. The van der Waals surface area contributed by atoms with E-state index in [1.54, 1.807) is 0 Å². The van der Waals surface area contributed by atoms with Crippen LogP contribution in [0.2, 0.25) is 0 Å². The van der Waals surface area contributed by atoms with Crippen molar-refractivity contribution < 1.29 is 14.3 Å². The highest BCUT2D eigenvalue weighted by Crippen LogP contribution is 2.19. The van der Waals surface area contributed by atoms with Gasteiger partial charge in [0, 0.05) is 13.1 Å². The molecule has 110 valence electrons. The Morgan fingerprint density at radius 3 is 2.63 bits per heavy atom. The smallest absolute Gasteiger partial charge is 0.309 e. The van der Waals surface area contributed by atoms with Crippen LogP contribution >= 0.6 is 0 Å². The number of hydrogen-bond donors (Lipinski definition) is 1. The first-order valence-electron chi connectivity index (χ1n) is 7.05. The van der Waals surface area contributed by atoms with Crippen molar-refractivity contribution in [2.45, 2.75) is 39.7 Å². The number of likely N-dealkylation sites (tertiary alicyclic amines) is 1. The number of methoxy groups -OCH3 is 1. The predicted octanol–water partition coefficient (Wildman–Crippen LogP) is 1.03. The van der Waals surface area contributed by atoms with Crippen molar-refractivity contribution in [3.63, 3.8) is 0 Å². The molecule has 1 rings (SSSR count). The molecule has 1 aliphatic rings. The lowest BCUT2D eigenvalue weighted by Gasteiger charge is -2.35. The zero-order valence-electron chi connectivity index (χ0n) is 12.4. The van der Waals surface area contributed by atoms with Gasteiger partial charge in [-0.25, -0.2) is 0 Å². The van der Waals surface area contributed by atoms with E-state index in [0.29, 0.717) is 19.0 Å². The largest absolute Gasteiger partial charge is 0.469 e. The number of nitrogens with zero attached hydrogens (tertiary/aromatic N) is 1. The van der Waals surface area contributed by atoms with Crippen molar-refractivity contribution in [3.8, 4) is 0 Å². The van der Waals surface area contributed by atoms with Crippen molar-refractivity contribution in [3.05, 3.63) is 0 Å². The van der Waals surface area contributed by atoms with E-state index in [1.807, 2.05) is 6.92 Å². The number of rotatable bonds is 5. The van der Waals surface area contributed by atoms with Gasteiger partial charge in [0.05, 0.1) is 19.1 Å². The van der Waals surface area contributed by atoms with Gasteiger partial charge in [-0.1, -0.05) is 13.8 Å². The topological polar surface area (TPSA) is 58.6 Å². The first-order valence-corrected chi connectivity index (χ1v) is 7.05. The Balaban J connectivity index is 2.49. The molecule has 0 aromatic carbocycles. The van der Waals surface area contributed by atoms with E-state index >= 15 is 0 Å². The van der Waals surface area contributed by atoms with E-state index in [-0.39, 0.29) is 23.8 Å². The maximum atomic E-state index is 12.0. The third kappa shape index (κ3) is 4.82. The average molecular weight is 270 g/mol. The van der Waals surface area contributed by atoms with Gasteiger partial charge in [-0.15, -0.1) is 0 Å². The monoisotopic (exact) mass is 270 g/mol. The highest BCUT2D eigenvalue weighted by Gasteiger charge is 2.31. The first kappa shape index (κ1) is 16.0. The van der Waals surface area contributed by atoms with Crippen molar-refractivity contribution in [2.24, 2.45) is 11.8 Å². The van der Waals surface area contributed by atoms with Crippen molar-refractivity contribution in [1.29, 1.82) is 0 Å². The molecule has 0 bridgehead atoms. The predicted molar refractivity (Wildman–Crippen MR) is 73.6 cm³/mol. The van der Waals surface area contributed by atoms with Crippen molar-refractivity contribution in [1.82, 2.24) is 10.2 Å². The quantitative estimate of drug-likeness (QED) is 0.758. The van der Waals surface area contributed by atoms with Crippen LogP contribution in [0.15, 0.2) is 0 Å². The Bertz CT molecular complexity index is 318. The van der Waals surface area contributed by atoms with E-state index < -0.39 is 0 Å². The minimum Gasteiger partial charge on any atom is -0.469 e. The summed E-state index contributed by atoms with van der Waals surface area (Å²) in [6, 6.07) is -0.189. The molecule has 0 aromatic heterocycles. The van der Waals surface area contributed by atoms with Crippen molar-refractivity contribution >= 4 is 11.9 Å². The lowest BCUT2D eigenvalue weighted by atomic mass is 9.97. The molecular formula is C14H26N2O3. The standard InChI is InChI=1S/C14H26N2O3/c1-10(2)8-15-13(17)11(3)16-7-5-6-12(9-16)14(18)19-4/h10-12H,5-9H2,1-4H3,(H,15,17). The summed E-state index contributed by atoms with van der Waals surface area (Å²) >= 11 is 0. The molecule has 2 atom stereocenters. The Kier molecular flexibility index (Phi) is 6.28. The second-order valence-electron chi connectivity index (χ2n) is 5.67. The van der Waals surface area contributed by atoms with Crippen LogP contribution in [-0.4, -0.2) is 49.6 Å². The Labute approximate surface area is 115 Å². The molecule has 1 saturated heterocycles. The molecule has 1 fully saturated rings. The van der Waals surface area contributed by atoms with Crippen LogP contribution in [0.4, 0.5) is 0 Å². The third-order valence-corrected chi connectivity index (χ3v) is 3.60. The third-order valence-electron chi connectivity index (χ3n) is 3.60. The highest BCUT2D eigenvalue weighted by molar-refractivity contribution is 5.81. The molecular weight excluding hydrogens is 244 g/mol. The summed E-state index contributed by atoms with van der Waals surface area (Å²) in [4.78, 5) is 25.7. The SMILES string of the molecule is COC(=O)C1CCCN(C(C)C(=O)NCC(C)C)C1. The van der Waals surface area contributed by atoms with Gasteiger partial charge in [0.1, 0.15) is 0 Å². The molecule has 0 radical (unpaired) electrons. The number of hydrogen-bond acceptors (Lipinski definition) is 4. The molecule has 2 unspecified atom stereocenters. The van der Waals surface area contributed by atoms with Crippen LogP contribution in [0.1, 0.15) is 33.6 Å². The average Bonchev–Trinajstić information content (AvgIpc) is 2.43. The molecule has 0 spiro atoms. The van der Waals surface area contributed by atoms with Gasteiger partial charge in [0.2, 0.25) is 5.91 Å². The van der Waals surface area contributed by atoms with Crippen LogP contribution in [0.3, 0.4) is 0 Å². The van der Waals surface area contributed by atoms with E-state index in [1.165, 1.54) is 7.11 Å². The minimum absolute atomic E-state index is 0.0409. The fourth-order valence-corrected chi connectivity index (χ4v) is 2.34. The fraction of sp³-hybridized carbons (Fsp3) is 0.857. The number of nitrogens with one attached hydrogen (secondary N) is 1. The summed E-state index contributed by atoms with van der Waals surface area (Å²) in [5.74, 6) is 0.220. The number of piperidine rings is 1. The Morgan fingerprint density at radius 1 is 1.37 bits per heavy atom. The summed E-state index contributed by atoms with van der Waals surface area (Å²) < 4.78 is 4.79. The number of carbonyl (C=O) groups is 2. The highest BCUT2D eigenvalue weighted by atomic mass is 16.5. The number of amides is 1. The van der Waals surface area contributed by atoms with Crippen molar-refractivity contribution in [2.75, 3.05) is 26.7 Å². The molecule has 1 amide bonds. The number of ether oxygens (including phenoxy) is 1. The zero-order chi connectivity index (χ0) is 14.4. The second kappa shape index (κ2) is 7.48. The van der Waals surface area contributed by atoms with Gasteiger partial charge >= 0.3 is 5.97 Å². The van der Waals surface area contributed by atoms with Gasteiger partial charge in [-0.05, 0) is 32.2 Å². The van der Waals surface area contributed by atoms with E-state index in [4.69, 9.17) is 4.74 Å². The van der Waals surface area contributed by atoms with Crippen LogP contribution < -0.4 is 5.32 Å². The van der Waals surface area contributed by atoms with Gasteiger partial charge < -0.3 is 10.1 Å². The summed E-state index contributed by atoms with van der Waals surface area (Å²) in [5.41, 5.74) is 0. The van der Waals surface area contributed by atoms with Gasteiger partial charge in [-0.2, -0.15) is 0 Å². The minimum atomic E-state index is -0.189. The lowest BCUT2D eigenvalue weighted by Crippen LogP contribution is -2.50. The van der Waals surface area contributed by atoms with Gasteiger partial charge in [-0.3, -0.25) is 14.5 Å². The molecule has 1 N–H and O–H groups in total. The van der Waals surface area contributed by atoms with Gasteiger partial charge in [0.15, 0.2) is 0 Å². The van der Waals surface area contributed by atoms with E-state index in [9.17, 15) is 9.59 Å². The van der Waals surface area contributed by atoms with E-state index in [0.717, 1.165) is 19.4 Å². The summed E-state index contributed by atoms with van der Waals surface area (Å²) in [6.07, 6.45) is 1.78. The second-order valence-corrected chi connectivity index (χ2v) is 5.67. The van der Waals surface area contributed by atoms with Crippen LogP contribution in [0, 0.1) is 11.8 Å². The summed E-state index contributed by atoms with van der Waals surface area (Å²) in [5, 5.41) is 2.94. The zero-order valence-corrected chi connectivity index (χ0v) is 12.4. The summed E-state index contributed by atoms with van der Waals surface area (Å²) in [7, 11) is 1.42. The van der Waals surface area contributed by atoms with Crippen LogP contribution in [0.25, 0.3) is 0 Å². The number of carbonyl (C=O) groups excluding carboxylic acids is 2.